The summed E-state index contributed by atoms with van der Waals surface area (Å²) in [5.74, 6) is -0.571. The predicted octanol–water partition coefficient (Wildman–Crippen LogP) is 5.03. The number of hydrogen-bond acceptors (Lipinski definition) is 3. The van der Waals surface area contributed by atoms with Crippen molar-refractivity contribution in [1.82, 2.24) is 10.2 Å². The monoisotopic (exact) mass is 450 g/mol. The normalized spacial score (nSPS) is 17.5. The van der Waals surface area contributed by atoms with Gasteiger partial charge in [0.05, 0.1) is 6.04 Å². The largest absolute Gasteiger partial charge is 0.478 e. The smallest absolute Gasteiger partial charge is 0.331 e. The number of rotatable bonds is 12. The summed E-state index contributed by atoms with van der Waals surface area (Å²) in [4.78, 5) is 40.3. The Labute approximate surface area is 195 Å². The lowest BCUT2D eigenvalue weighted by Gasteiger charge is -2.38. The highest BCUT2D eigenvalue weighted by molar-refractivity contribution is 5.91. The minimum absolute atomic E-state index is 0.0202. The molecule has 2 N–H and O–H groups in total. The zero-order valence-corrected chi connectivity index (χ0v) is 21.5. The number of nitrogens with one attached hydrogen (secondary N) is 1. The van der Waals surface area contributed by atoms with Gasteiger partial charge in [-0.25, -0.2) is 4.79 Å². The number of amides is 2. The molecule has 184 valence electrons. The zero-order valence-electron chi connectivity index (χ0n) is 21.5. The van der Waals surface area contributed by atoms with Crippen LogP contribution in [0.4, 0.5) is 0 Å². The van der Waals surface area contributed by atoms with Crippen LogP contribution in [-0.2, 0) is 14.4 Å². The number of carbonyl (C=O) groups excluding carboxylic acids is 2. The molecule has 1 saturated carbocycles. The molecule has 0 saturated heterocycles. The van der Waals surface area contributed by atoms with E-state index in [9.17, 15) is 19.5 Å². The molecule has 0 unspecified atom stereocenters. The Morgan fingerprint density at radius 2 is 1.62 bits per heavy atom. The quantitative estimate of drug-likeness (QED) is 0.408. The van der Waals surface area contributed by atoms with Crippen molar-refractivity contribution in [3.8, 4) is 0 Å². The Morgan fingerprint density at radius 3 is 2.03 bits per heavy atom. The van der Waals surface area contributed by atoms with Gasteiger partial charge in [0, 0.05) is 18.0 Å². The minimum Gasteiger partial charge on any atom is -0.478 e. The lowest BCUT2D eigenvalue weighted by molar-refractivity contribution is -0.142. The van der Waals surface area contributed by atoms with Gasteiger partial charge in [-0.05, 0) is 56.8 Å². The molecule has 6 heteroatoms. The van der Waals surface area contributed by atoms with Crippen molar-refractivity contribution < 1.29 is 19.5 Å². The minimum atomic E-state index is -0.985. The topological polar surface area (TPSA) is 86.7 Å². The van der Waals surface area contributed by atoms with Gasteiger partial charge in [-0.2, -0.15) is 0 Å². The standard InChI is InChI=1S/C26H46N2O4/c1-9-26(10-2,16-17(3)4)25(32)27-22(20-13-11-12-14-20)23(29)28(8)21(18(5)6)15-19(7)24(30)31/h15,17-18,20-22H,9-14,16H2,1-8H3,(H,27,32)(H,30,31)/b19-15+/t21-,22+/m1/s1. The molecule has 0 radical (unpaired) electrons. The molecular weight excluding hydrogens is 404 g/mol. The van der Waals surface area contributed by atoms with Gasteiger partial charge in [0.15, 0.2) is 0 Å². The third-order valence-corrected chi connectivity index (χ3v) is 7.29. The van der Waals surface area contributed by atoms with E-state index < -0.39 is 17.4 Å². The predicted molar refractivity (Wildman–Crippen MR) is 129 cm³/mol. The first kappa shape index (κ1) is 28.2. The molecule has 32 heavy (non-hydrogen) atoms. The fourth-order valence-corrected chi connectivity index (χ4v) is 5.15. The van der Waals surface area contributed by atoms with Crippen molar-refractivity contribution in [2.24, 2.45) is 23.2 Å². The van der Waals surface area contributed by atoms with Gasteiger partial charge < -0.3 is 15.3 Å². The molecule has 1 aliphatic rings. The fraction of sp³-hybridized carbons (Fsp3) is 0.808. The summed E-state index contributed by atoms with van der Waals surface area (Å²) in [5, 5.41) is 12.5. The van der Waals surface area contributed by atoms with E-state index in [-0.39, 0.29) is 35.3 Å². The number of aliphatic carboxylic acids is 1. The van der Waals surface area contributed by atoms with Gasteiger partial charge in [-0.1, -0.05) is 60.5 Å². The first-order valence-electron chi connectivity index (χ1n) is 12.4. The van der Waals surface area contributed by atoms with Crippen molar-refractivity contribution in [3.63, 3.8) is 0 Å². The molecule has 2 atom stereocenters. The molecule has 0 aliphatic heterocycles. The Morgan fingerprint density at radius 1 is 1.09 bits per heavy atom. The van der Waals surface area contributed by atoms with Crippen molar-refractivity contribution >= 4 is 17.8 Å². The van der Waals surface area contributed by atoms with Crippen LogP contribution < -0.4 is 5.32 Å². The van der Waals surface area contributed by atoms with Crippen LogP contribution in [0.25, 0.3) is 0 Å². The molecule has 1 rings (SSSR count). The Hall–Kier alpha value is -1.85. The molecule has 0 aromatic heterocycles. The summed E-state index contributed by atoms with van der Waals surface area (Å²) in [6.45, 7) is 13.9. The highest BCUT2D eigenvalue weighted by Gasteiger charge is 2.41. The van der Waals surface area contributed by atoms with Gasteiger partial charge in [-0.15, -0.1) is 0 Å². The van der Waals surface area contributed by atoms with Gasteiger partial charge in [0.1, 0.15) is 6.04 Å². The number of carbonyl (C=O) groups is 3. The molecule has 6 nitrogen and oxygen atoms in total. The van der Waals surface area contributed by atoms with Crippen LogP contribution in [0.15, 0.2) is 11.6 Å². The lowest BCUT2D eigenvalue weighted by atomic mass is 9.74. The van der Waals surface area contributed by atoms with Gasteiger partial charge >= 0.3 is 5.97 Å². The van der Waals surface area contributed by atoms with Crippen molar-refractivity contribution in [2.45, 2.75) is 105 Å². The van der Waals surface area contributed by atoms with Gasteiger partial charge in [-0.3, -0.25) is 9.59 Å². The number of carboxylic acid groups (broad SMARTS) is 1. The summed E-state index contributed by atoms with van der Waals surface area (Å²) < 4.78 is 0. The Kier molecular flexibility index (Phi) is 10.9. The third-order valence-electron chi connectivity index (χ3n) is 7.29. The summed E-state index contributed by atoms with van der Waals surface area (Å²) >= 11 is 0. The van der Waals surface area contributed by atoms with Crippen LogP contribution in [0.1, 0.15) is 93.4 Å². The molecular formula is C26H46N2O4. The van der Waals surface area contributed by atoms with Crippen molar-refractivity contribution in [2.75, 3.05) is 7.05 Å². The highest BCUT2D eigenvalue weighted by atomic mass is 16.4. The molecule has 1 aliphatic carbocycles. The summed E-state index contributed by atoms with van der Waals surface area (Å²) in [5.41, 5.74) is -0.251. The maximum Gasteiger partial charge on any atom is 0.331 e. The van der Waals surface area contributed by atoms with E-state index in [1.54, 1.807) is 24.9 Å². The van der Waals surface area contributed by atoms with Crippen LogP contribution in [0, 0.1) is 23.2 Å². The van der Waals surface area contributed by atoms with E-state index in [0.29, 0.717) is 5.92 Å². The average Bonchev–Trinajstić information content (AvgIpc) is 3.26. The van der Waals surface area contributed by atoms with Crippen LogP contribution in [0.3, 0.4) is 0 Å². The second kappa shape index (κ2) is 12.4. The fourth-order valence-electron chi connectivity index (χ4n) is 5.15. The maximum absolute atomic E-state index is 13.7. The average molecular weight is 451 g/mol. The van der Waals surface area contributed by atoms with E-state index in [0.717, 1.165) is 44.9 Å². The summed E-state index contributed by atoms with van der Waals surface area (Å²) in [6.07, 6.45) is 7.92. The van der Waals surface area contributed by atoms with Gasteiger partial charge in [0.25, 0.3) is 0 Å². The summed E-state index contributed by atoms with van der Waals surface area (Å²) in [6, 6.07) is -0.920. The first-order chi connectivity index (χ1) is 14.9. The number of hydrogen-bond donors (Lipinski definition) is 2. The molecule has 2 amide bonds. The summed E-state index contributed by atoms with van der Waals surface area (Å²) in [7, 11) is 1.73. The number of likely N-dealkylation sites (N-methyl/N-ethyl adjacent to an activating group) is 1. The highest BCUT2D eigenvalue weighted by Crippen LogP contribution is 2.36. The second-order valence-corrected chi connectivity index (χ2v) is 10.4. The molecule has 0 heterocycles. The van der Waals surface area contributed by atoms with Crippen LogP contribution >= 0.6 is 0 Å². The van der Waals surface area contributed by atoms with Crippen LogP contribution in [-0.4, -0.2) is 46.9 Å². The molecule has 0 aromatic carbocycles. The zero-order chi connectivity index (χ0) is 24.6. The third kappa shape index (κ3) is 7.08. The van der Waals surface area contributed by atoms with E-state index in [1.807, 2.05) is 13.8 Å². The van der Waals surface area contributed by atoms with E-state index in [2.05, 4.69) is 33.0 Å². The van der Waals surface area contributed by atoms with E-state index in [1.165, 1.54) is 0 Å². The Balaban J connectivity index is 3.25. The lowest BCUT2D eigenvalue weighted by Crippen LogP contribution is -2.56. The van der Waals surface area contributed by atoms with Crippen molar-refractivity contribution in [1.29, 1.82) is 0 Å². The van der Waals surface area contributed by atoms with Crippen LogP contribution in [0.2, 0.25) is 0 Å². The number of carboxylic acids is 1. The Bertz CT molecular complexity index is 673. The SMILES string of the molecule is CCC(CC)(CC(C)C)C(=O)N[C@H](C(=O)N(C)[C@H](/C=C(\C)C(=O)O)C(C)C)C1CCCC1. The maximum atomic E-state index is 13.7. The number of nitrogens with zero attached hydrogens (tertiary/aromatic N) is 1. The molecule has 1 fully saturated rings. The van der Waals surface area contributed by atoms with E-state index in [4.69, 9.17) is 0 Å². The van der Waals surface area contributed by atoms with Gasteiger partial charge in [0.2, 0.25) is 11.8 Å². The first-order valence-corrected chi connectivity index (χ1v) is 12.4. The molecule has 0 spiro atoms. The molecule has 0 bridgehead atoms. The van der Waals surface area contributed by atoms with E-state index >= 15 is 0 Å². The van der Waals surface area contributed by atoms with Crippen LogP contribution in [0.5, 0.6) is 0 Å². The molecule has 0 aromatic rings. The second-order valence-electron chi connectivity index (χ2n) is 10.4. The van der Waals surface area contributed by atoms with Crippen molar-refractivity contribution in [3.05, 3.63) is 11.6 Å².